The van der Waals surface area contributed by atoms with E-state index in [0.717, 1.165) is 0 Å². The number of hydrogen-bond donors (Lipinski definition) is 2. The van der Waals surface area contributed by atoms with Crippen molar-refractivity contribution in [3.05, 3.63) is 17.4 Å². The van der Waals surface area contributed by atoms with Crippen molar-refractivity contribution in [2.24, 2.45) is 5.92 Å². The normalized spacial score (nSPS) is 13.6. The van der Waals surface area contributed by atoms with Gasteiger partial charge in [-0.05, 0) is 6.92 Å². The minimum absolute atomic E-state index is 0.185. The Bertz CT molecular complexity index is 467. The van der Waals surface area contributed by atoms with Crippen LogP contribution in [0.4, 0.5) is 0 Å². The highest BCUT2D eigenvalue weighted by Gasteiger charge is 2.23. The Kier molecular flexibility index (Phi) is 6.87. The highest BCUT2D eigenvalue weighted by atomic mass is 35.5. The quantitative estimate of drug-likeness (QED) is 0.584. The first kappa shape index (κ1) is 16.8. The van der Waals surface area contributed by atoms with E-state index in [1.807, 2.05) is 0 Å². The van der Waals surface area contributed by atoms with Gasteiger partial charge in [-0.3, -0.25) is 9.48 Å². The molecule has 0 aliphatic carbocycles. The van der Waals surface area contributed by atoms with Gasteiger partial charge in [0.25, 0.3) is 0 Å². The average molecular weight is 320 g/mol. The number of esters is 1. The molecule has 0 saturated carbocycles. The Hall–Kier alpha value is -1.21. The fraction of sp³-hybridized carbons (Fsp3) is 0.583. The number of rotatable bonds is 7. The van der Waals surface area contributed by atoms with E-state index in [1.165, 1.54) is 6.20 Å². The lowest BCUT2D eigenvalue weighted by molar-refractivity contribution is -0.147. The zero-order chi connectivity index (χ0) is 15.1. The van der Waals surface area contributed by atoms with Gasteiger partial charge in [0.1, 0.15) is 6.04 Å². The summed E-state index contributed by atoms with van der Waals surface area (Å²) in [4.78, 5) is 23.6. The summed E-state index contributed by atoms with van der Waals surface area (Å²) in [5, 5.41) is 7.13. The molecule has 2 atom stereocenters. The van der Waals surface area contributed by atoms with E-state index in [-0.39, 0.29) is 24.2 Å². The van der Waals surface area contributed by atoms with Gasteiger partial charge < -0.3 is 10.1 Å². The second-order valence-corrected chi connectivity index (χ2v) is 5.08. The van der Waals surface area contributed by atoms with Crippen LogP contribution < -0.4 is 5.32 Å². The summed E-state index contributed by atoms with van der Waals surface area (Å²) in [6.07, 6.45) is 3.13. The molecule has 0 bridgehead atoms. The molecule has 20 heavy (non-hydrogen) atoms. The van der Waals surface area contributed by atoms with Gasteiger partial charge in [0.2, 0.25) is 5.91 Å². The molecule has 112 valence electrons. The predicted octanol–water partition coefficient (Wildman–Crippen LogP) is 1.15. The zero-order valence-corrected chi connectivity index (χ0v) is 13.0. The molecule has 0 saturated heterocycles. The third-order valence-electron chi connectivity index (χ3n) is 2.58. The maximum atomic E-state index is 12.0. The molecule has 8 heteroatoms. The molecule has 1 aromatic heterocycles. The van der Waals surface area contributed by atoms with Crippen LogP contribution in [0, 0.1) is 5.92 Å². The number of nitrogens with zero attached hydrogens (tertiary/aromatic N) is 2. The standard InChI is InChI=1S/C12H18ClN3O3S/c1-3-19-12(18)10(7-20)15-11(17)8(2)5-16-6-9(13)4-14-16/h4,6,8,10,20H,3,5,7H2,1-2H3,(H,15,17)/t8-,10-/m0/s1. The van der Waals surface area contributed by atoms with Crippen molar-refractivity contribution in [2.45, 2.75) is 26.4 Å². The van der Waals surface area contributed by atoms with Crippen molar-refractivity contribution in [2.75, 3.05) is 12.4 Å². The van der Waals surface area contributed by atoms with Crippen molar-refractivity contribution < 1.29 is 14.3 Å². The van der Waals surface area contributed by atoms with E-state index in [9.17, 15) is 9.59 Å². The SMILES string of the molecule is CCOC(=O)[C@H](CS)NC(=O)[C@@H](C)Cn1cc(Cl)cn1. The van der Waals surface area contributed by atoms with Crippen LogP contribution >= 0.6 is 24.2 Å². The number of amides is 1. The van der Waals surface area contributed by atoms with Gasteiger partial charge in [-0.1, -0.05) is 18.5 Å². The smallest absolute Gasteiger partial charge is 0.329 e. The summed E-state index contributed by atoms with van der Waals surface area (Å²) in [7, 11) is 0. The molecule has 0 aliphatic rings. The van der Waals surface area contributed by atoms with Crippen molar-refractivity contribution >= 4 is 36.1 Å². The van der Waals surface area contributed by atoms with Gasteiger partial charge in [-0.25, -0.2) is 4.79 Å². The van der Waals surface area contributed by atoms with E-state index in [1.54, 1.807) is 24.7 Å². The van der Waals surface area contributed by atoms with Crippen molar-refractivity contribution in [1.82, 2.24) is 15.1 Å². The molecule has 0 aromatic carbocycles. The molecule has 0 aliphatic heterocycles. The Morgan fingerprint density at radius 2 is 2.30 bits per heavy atom. The lowest BCUT2D eigenvalue weighted by Crippen LogP contribution is -2.45. The Morgan fingerprint density at radius 1 is 1.60 bits per heavy atom. The zero-order valence-electron chi connectivity index (χ0n) is 11.4. The minimum atomic E-state index is -0.741. The fourth-order valence-corrected chi connectivity index (χ4v) is 1.93. The molecular weight excluding hydrogens is 302 g/mol. The van der Waals surface area contributed by atoms with Gasteiger partial charge in [-0.2, -0.15) is 17.7 Å². The molecule has 1 aromatic rings. The van der Waals surface area contributed by atoms with E-state index < -0.39 is 12.0 Å². The first-order valence-corrected chi connectivity index (χ1v) is 7.24. The summed E-state index contributed by atoms with van der Waals surface area (Å²) in [5.41, 5.74) is 0. The predicted molar refractivity (Wildman–Crippen MR) is 78.8 cm³/mol. The highest BCUT2D eigenvalue weighted by molar-refractivity contribution is 7.80. The van der Waals surface area contributed by atoms with Crippen molar-refractivity contribution in [1.29, 1.82) is 0 Å². The molecule has 1 heterocycles. The maximum Gasteiger partial charge on any atom is 0.329 e. The van der Waals surface area contributed by atoms with Gasteiger partial charge in [-0.15, -0.1) is 0 Å². The third-order valence-corrected chi connectivity index (χ3v) is 3.14. The summed E-state index contributed by atoms with van der Waals surface area (Å²) in [5.74, 6) is -0.915. The highest BCUT2D eigenvalue weighted by Crippen LogP contribution is 2.08. The number of hydrogen-bond acceptors (Lipinski definition) is 5. The molecule has 6 nitrogen and oxygen atoms in total. The molecule has 1 rings (SSSR count). The van der Waals surface area contributed by atoms with Gasteiger partial charge in [0, 0.05) is 11.9 Å². The van der Waals surface area contributed by atoms with E-state index in [0.29, 0.717) is 11.6 Å². The number of carbonyl (C=O) groups excluding carboxylic acids is 2. The lowest BCUT2D eigenvalue weighted by Gasteiger charge is -2.18. The molecule has 1 amide bonds. The largest absolute Gasteiger partial charge is 0.464 e. The second kappa shape index (κ2) is 8.16. The minimum Gasteiger partial charge on any atom is -0.464 e. The second-order valence-electron chi connectivity index (χ2n) is 4.28. The Labute approximate surface area is 128 Å². The molecule has 0 fully saturated rings. The summed E-state index contributed by atoms with van der Waals surface area (Å²) < 4.78 is 6.44. The Morgan fingerprint density at radius 3 is 2.80 bits per heavy atom. The van der Waals surface area contributed by atoms with Gasteiger partial charge in [0.15, 0.2) is 0 Å². The summed E-state index contributed by atoms with van der Waals surface area (Å²) in [6.45, 7) is 4.09. The van der Waals surface area contributed by atoms with E-state index in [4.69, 9.17) is 16.3 Å². The Balaban J connectivity index is 2.53. The van der Waals surface area contributed by atoms with Crippen molar-refractivity contribution in [3.8, 4) is 0 Å². The van der Waals surface area contributed by atoms with Crippen LogP contribution in [0.15, 0.2) is 12.4 Å². The maximum absolute atomic E-state index is 12.0. The van der Waals surface area contributed by atoms with Crippen LogP contribution in [0.2, 0.25) is 5.02 Å². The number of thiol groups is 1. The van der Waals surface area contributed by atoms with Crippen LogP contribution in [0.5, 0.6) is 0 Å². The van der Waals surface area contributed by atoms with Crippen LogP contribution in [0.3, 0.4) is 0 Å². The first-order chi connectivity index (χ1) is 9.47. The first-order valence-electron chi connectivity index (χ1n) is 6.23. The monoisotopic (exact) mass is 319 g/mol. The topological polar surface area (TPSA) is 73.2 Å². The molecular formula is C12H18ClN3O3S. The molecule has 1 N–H and O–H groups in total. The van der Waals surface area contributed by atoms with Crippen LogP contribution in [-0.4, -0.2) is 40.1 Å². The van der Waals surface area contributed by atoms with E-state index in [2.05, 4.69) is 23.0 Å². The number of ether oxygens (including phenoxy) is 1. The molecule has 0 unspecified atom stereocenters. The number of aromatic nitrogens is 2. The fourth-order valence-electron chi connectivity index (χ4n) is 1.54. The summed E-state index contributed by atoms with van der Waals surface area (Å²) >= 11 is 9.79. The molecule has 0 radical (unpaired) electrons. The van der Waals surface area contributed by atoms with E-state index >= 15 is 0 Å². The number of nitrogens with one attached hydrogen (secondary N) is 1. The van der Waals surface area contributed by atoms with Crippen LogP contribution in [0.1, 0.15) is 13.8 Å². The number of halogens is 1. The van der Waals surface area contributed by atoms with Crippen LogP contribution in [-0.2, 0) is 20.9 Å². The van der Waals surface area contributed by atoms with Gasteiger partial charge in [0.05, 0.1) is 30.3 Å². The van der Waals surface area contributed by atoms with Gasteiger partial charge >= 0.3 is 5.97 Å². The van der Waals surface area contributed by atoms with Crippen molar-refractivity contribution in [3.63, 3.8) is 0 Å². The molecule has 0 spiro atoms. The average Bonchev–Trinajstić information content (AvgIpc) is 2.81. The van der Waals surface area contributed by atoms with Crippen LogP contribution in [0.25, 0.3) is 0 Å². The third kappa shape index (κ3) is 5.05. The lowest BCUT2D eigenvalue weighted by atomic mass is 10.1. The summed E-state index contributed by atoms with van der Waals surface area (Å²) in [6, 6.07) is -0.741. The number of carbonyl (C=O) groups is 2.